The highest BCUT2D eigenvalue weighted by molar-refractivity contribution is 6.30. The second-order valence-corrected chi connectivity index (χ2v) is 4.24. The van der Waals surface area contributed by atoms with E-state index in [0.717, 1.165) is 0 Å². The Kier molecular flexibility index (Phi) is 6.43. The molecule has 1 amide bonds. The zero-order valence-corrected chi connectivity index (χ0v) is 10.9. The van der Waals surface area contributed by atoms with Crippen LogP contribution in [0.15, 0.2) is 36.9 Å². The first-order valence-electron chi connectivity index (χ1n) is 5.65. The molecule has 0 aromatic heterocycles. The first-order valence-corrected chi connectivity index (χ1v) is 6.03. The smallest absolute Gasteiger partial charge is 0.238 e. The fourth-order valence-corrected chi connectivity index (χ4v) is 1.72. The summed E-state index contributed by atoms with van der Waals surface area (Å²) in [5, 5.41) is 12.2. The van der Waals surface area contributed by atoms with Crippen LogP contribution < -0.4 is 5.32 Å². The Morgan fingerprint density at radius 3 is 2.94 bits per heavy atom. The summed E-state index contributed by atoms with van der Waals surface area (Å²) in [4.78, 5) is 13.6. The number of nitrogens with zero attached hydrogens (tertiary/aromatic N) is 1. The summed E-state index contributed by atoms with van der Waals surface area (Å²) in [6, 6.07) is 6.97. The van der Waals surface area contributed by atoms with Crippen molar-refractivity contribution in [2.24, 2.45) is 0 Å². The fourth-order valence-electron chi connectivity index (χ4n) is 1.53. The number of benzene rings is 1. The van der Waals surface area contributed by atoms with E-state index in [9.17, 15) is 4.79 Å². The monoisotopic (exact) mass is 268 g/mol. The number of anilines is 1. The number of carbonyl (C=O) groups excluding carboxylic acids is 1. The minimum absolute atomic E-state index is 0.0122. The van der Waals surface area contributed by atoms with Gasteiger partial charge in [0.05, 0.1) is 13.2 Å². The van der Waals surface area contributed by atoms with Crippen molar-refractivity contribution in [3.63, 3.8) is 0 Å². The molecule has 0 aliphatic carbocycles. The van der Waals surface area contributed by atoms with Gasteiger partial charge < -0.3 is 10.4 Å². The van der Waals surface area contributed by atoms with Gasteiger partial charge in [0.1, 0.15) is 0 Å². The van der Waals surface area contributed by atoms with Gasteiger partial charge in [-0.3, -0.25) is 9.69 Å². The van der Waals surface area contributed by atoms with E-state index >= 15 is 0 Å². The summed E-state index contributed by atoms with van der Waals surface area (Å²) in [5.41, 5.74) is 0.662. The van der Waals surface area contributed by atoms with Gasteiger partial charge in [0, 0.05) is 23.8 Å². The van der Waals surface area contributed by atoms with Gasteiger partial charge in [0.15, 0.2) is 0 Å². The minimum atomic E-state index is -0.146. The van der Waals surface area contributed by atoms with Crippen molar-refractivity contribution in [1.29, 1.82) is 0 Å². The Hall–Kier alpha value is -1.36. The van der Waals surface area contributed by atoms with Gasteiger partial charge in [-0.25, -0.2) is 0 Å². The maximum Gasteiger partial charge on any atom is 0.238 e. The van der Waals surface area contributed by atoms with Crippen molar-refractivity contribution in [3.05, 3.63) is 41.9 Å². The Bertz CT molecular complexity index is 410. The van der Waals surface area contributed by atoms with Crippen LogP contribution in [0.3, 0.4) is 0 Å². The molecule has 18 heavy (non-hydrogen) atoms. The second-order valence-electron chi connectivity index (χ2n) is 3.81. The zero-order chi connectivity index (χ0) is 13.4. The molecular weight excluding hydrogens is 252 g/mol. The lowest BCUT2D eigenvalue weighted by Gasteiger charge is -2.18. The average molecular weight is 269 g/mol. The van der Waals surface area contributed by atoms with Crippen LogP contribution in [0.25, 0.3) is 0 Å². The molecule has 0 saturated carbocycles. The summed E-state index contributed by atoms with van der Waals surface area (Å²) < 4.78 is 0. The molecular formula is C13H17ClN2O2. The normalized spacial score (nSPS) is 10.4. The van der Waals surface area contributed by atoms with Gasteiger partial charge in [-0.15, -0.1) is 6.58 Å². The fraction of sp³-hybridized carbons (Fsp3) is 0.308. The number of aliphatic hydroxyl groups is 1. The van der Waals surface area contributed by atoms with Crippen LogP contribution in [0.2, 0.25) is 5.02 Å². The molecule has 0 heterocycles. The van der Waals surface area contributed by atoms with Gasteiger partial charge in [-0.1, -0.05) is 23.7 Å². The predicted molar refractivity (Wildman–Crippen MR) is 73.8 cm³/mol. The second kappa shape index (κ2) is 7.87. The number of amides is 1. The van der Waals surface area contributed by atoms with Gasteiger partial charge in [0.25, 0.3) is 0 Å². The predicted octanol–water partition coefficient (Wildman–Crippen LogP) is 1.76. The largest absolute Gasteiger partial charge is 0.395 e. The van der Waals surface area contributed by atoms with Crippen molar-refractivity contribution >= 4 is 23.2 Å². The lowest BCUT2D eigenvalue weighted by atomic mass is 10.3. The van der Waals surface area contributed by atoms with Crippen molar-refractivity contribution in [3.8, 4) is 0 Å². The van der Waals surface area contributed by atoms with Crippen LogP contribution in [-0.4, -0.2) is 42.2 Å². The summed E-state index contributed by atoms with van der Waals surface area (Å²) >= 11 is 5.83. The highest BCUT2D eigenvalue weighted by Crippen LogP contribution is 2.14. The molecule has 0 saturated heterocycles. The van der Waals surface area contributed by atoms with E-state index in [1.807, 2.05) is 0 Å². The van der Waals surface area contributed by atoms with E-state index < -0.39 is 0 Å². The van der Waals surface area contributed by atoms with E-state index in [0.29, 0.717) is 23.8 Å². The molecule has 0 unspecified atom stereocenters. The SMILES string of the molecule is C=CCN(CCO)CC(=O)Nc1cccc(Cl)c1. The van der Waals surface area contributed by atoms with Crippen LogP contribution in [-0.2, 0) is 4.79 Å². The number of rotatable bonds is 7. The summed E-state index contributed by atoms with van der Waals surface area (Å²) in [7, 11) is 0. The Morgan fingerprint density at radius 2 is 2.33 bits per heavy atom. The molecule has 0 fully saturated rings. The third-order valence-electron chi connectivity index (χ3n) is 2.28. The Labute approximate surface area is 112 Å². The van der Waals surface area contributed by atoms with Gasteiger partial charge in [-0.2, -0.15) is 0 Å². The number of hydrogen-bond donors (Lipinski definition) is 2. The summed E-state index contributed by atoms with van der Waals surface area (Å²) in [6.07, 6.45) is 1.70. The van der Waals surface area contributed by atoms with Crippen LogP contribution in [0, 0.1) is 0 Å². The minimum Gasteiger partial charge on any atom is -0.395 e. The maximum absolute atomic E-state index is 11.8. The lowest BCUT2D eigenvalue weighted by molar-refractivity contribution is -0.117. The highest BCUT2D eigenvalue weighted by atomic mass is 35.5. The first kappa shape index (κ1) is 14.7. The quantitative estimate of drug-likeness (QED) is 0.741. The van der Waals surface area contributed by atoms with E-state index in [1.54, 1.807) is 35.2 Å². The topological polar surface area (TPSA) is 52.6 Å². The van der Waals surface area contributed by atoms with Crippen LogP contribution >= 0.6 is 11.6 Å². The molecule has 0 atom stereocenters. The Balaban J connectivity index is 2.51. The van der Waals surface area contributed by atoms with E-state index in [-0.39, 0.29) is 19.1 Å². The number of carbonyl (C=O) groups is 1. The molecule has 98 valence electrons. The van der Waals surface area contributed by atoms with Crippen molar-refractivity contribution < 1.29 is 9.90 Å². The molecule has 2 N–H and O–H groups in total. The third-order valence-corrected chi connectivity index (χ3v) is 2.51. The third kappa shape index (κ3) is 5.31. The number of hydrogen-bond acceptors (Lipinski definition) is 3. The van der Waals surface area contributed by atoms with Crippen LogP contribution in [0.1, 0.15) is 0 Å². The van der Waals surface area contributed by atoms with Gasteiger partial charge in [0.2, 0.25) is 5.91 Å². The van der Waals surface area contributed by atoms with Gasteiger partial charge >= 0.3 is 0 Å². The number of halogens is 1. The molecule has 1 aromatic rings. The van der Waals surface area contributed by atoms with Crippen molar-refractivity contribution in [2.45, 2.75) is 0 Å². The number of aliphatic hydroxyl groups excluding tert-OH is 1. The molecule has 1 aromatic carbocycles. The standard InChI is InChI=1S/C13H17ClN2O2/c1-2-6-16(7-8-17)10-13(18)15-12-5-3-4-11(14)9-12/h2-5,9,17H,1,6-8,10H2,(H,15,18). The van der Waals surface area contributed by atoms with Crippen LogP contribution in [0.5, 0.6) is 0 Å². The summed E-state index contributed by atoms with van der Waals surface area (Å²) in [5.74, 6) is -0.146. The van der Waals surface area contributed by atoms with Crippen molar-refractivity contribution in [1.82, 2.24) is 4.90 Å². The van der Waals surface area contributed by atoms with Crippen molar-refractivity contribution in [2.75, 3.05) is 31.6 Å². The number of nitrogens with one attached hydrogen (secondary N) is 1. The lowest BCUT2D eigenvalue weighted by Crippen LogP contribution is -2.35. The molecule has 0 aliphatic heterocycles. The molecule has 0 radical (unpaired) electrons. The molecule has 4 nitrogen and oxygen atoms in total. The van der Waals surface area contributed by atoms with E-state index in [4.69, 9.17) is 16.7 Å². The van der Waals surface area contributed by atoms with E-state index in [2.05, 4.69) is 11.9 Å². The zero-order valence-electron chi connectivity index (χ0n) is 10.1. The molecule has 5 heteroatoms. The van der Waals surface area contributed by atoms with Gasteiger partial charge in [-0.05, 0) is 18.2 Å². The average Bonchev–Trinajstić information content (AvgIpc) is 2.29. The maximum atomic E-state index is 11.8. The molecule has 0 spiro atoms. The highest BCUT2D eigenvalue weighted by Gasteiger charge is 2.09. The first-order chi connectivity index (χ1) is 8.65. The van der Waals surface area contributed by atoms with Crippen LogP contribution in [0.4, 0.5) is 5.69 Å². The summed E-state index contributed by atoms with van der Waals surface area (Å²) in [6.45, 7) is 4.83. The van der Waals surface area contributed by atoms with E-state index in [1.165, 1.54) is 0 Å². The molecule has 1 rings (SSSR count). The Morgan fingerprint density at radius 1 is 1.56 bits per heavy atom. The molecule has 0 bridgehead atoms. The molecule has 0 aliphatic rings.